The molecule has 94 valence electrons. The van der Waals surface area contributed by atoms with Crippen LogP contribution in [0.25, 0.3) is 0 Å². The maximum Gasteiger partial charge on any atom is 0.0802 e. The van der Waals surface area contributed by atoms with Gasteiger partial charge in [0.1, 0.15) is 0 Å². The first-order valence-electron chi connectivity index (χ1n) is 6.08. The summed E-state index contributed by atoms with van der Waals surface area (Å²) in [5, 5.41) is 9.51. The van der Waals surface area contributed by atoms with Crippen LogP contribution in [-0.4, -0.2) is 78.9 Å². The van der Waals surface area contributed by atoms with Gasteiger partial charge in [0.05, 0.1) is 19.3 Å². The number of β-amino-alcohol motifs (C(OH)–C–C–N with tert-alkyl or cyclic N) is 1. The molecule has 5 heteroatoms. The largest absolute Gasteiger partial charge is 0.391 e. The van der Waals surface area contributed by atoms with Gasteiger partial charge in [-0.1, -0.05) is 0 Å². The number of hydrogen-bond donors (Lipinski definition) is 1. The molecule has 2 rings (SSSR count). The second-order valence-electron chi connectivity index (χ2n) is 4.66. The number of likely N-dealkylation sites (tertiary alicyclic amines) is 1. The van der Waals surface area contributed by atoms with Crippen molar-refractivity contribution < 1.29 is 9.84 Å². The monoisotopic (exact) mass is 248 g/mol. The Hall–Kier alpha value is 0.130. The standard InChI is InChI=1S/C11H21ClN2O2/c12-7-11(15)9-13-2-1-10(8-13)14-3-5-16-6-4-14/h10-11,15H,1-9H2. The second kappa shape index (κ2) is 6.17. The van der Waals surface area contributed by atoms with E-state index in [1.165, 1.54) is 6.42 Å². The van der Waals surface area contributed by atoms with Crippen molar-refractivity contribution >= 4 is 11.6 Å². The SMILES string of the molecule is OC(CCl)CN1CCC(N2CCOCC2)C1. The first-order chi connectivity index (χ1) is 7.79. The highest BCUT2D eigenvalue weighted by atomic mass is 35.5. The molecule has 0 aromatic carbocycles. The van der Waals surface area contributed by atoms with E-state index in [9.17, 15) is 5.11 Å². The Morgan fingerprint density at radius 1 is 1.31 bits per heavy atom. The lowest BCUT2D eigenvalue weighted by atomic mass is 10.2. The topological polar surface area (TPSA) is 35.9 Å². The molecule has 0 aliphatic carbocycles. The predicted octanol–water partition coefficient (Wildman–Crippen LogP) is -0.00740. The Labute approximate surface area is 102 Å². The number of hydrogen-bond acceptors (Lipinski definition) is 4. The van der Waals surface area contributed by atoms with Crippen LogP contribution in [0.5, 0.6) is 0 Å². The summed E-state index contributed by atoms with van der Waals surface area (Å²) in [6.07, 6.45) is 0.819. The molecule has 0 aromatic heterocycles. The molecule has 0 radical (unpaired) electrons. The Morgan fingerprint density at radius 3 is 2.75 bits per heavy atom. The predicted molar refractivity (Wildman–Crippen MR) is 64.0 cm³/mol. The number of ether oxygens (including phenoxy) is 1. The van der Waals surface area contributed by atoms with Crippen LogP contribution in [0.15, 0.2) is 0 Å². The number of rotatable bonds is 4. The third kappa shape index (κ3) is 3.31. The molecule has 2 aliphatic rings. The van der Waals surface area contributed by atoms with E-state index in [-0.39, 0.29) is 6.10 Å². The molecule has 2 aliphatic heterocycles. The van der Waals surface area contributed by atoms with E-state index in [2.05, 4.69) is 9.80 Å². The van der Waals surface area contributed by atoms with Crippen LogP contribution in [-0.2, 0) is 4.74 Å². The van der Waals surface area contributed by atoms with E-state index < -0.39 is 0 Å². The minimum absolute atomic E-state index is 0.332. The molecule has 16 heavy (non-hydrogen) atoms. The summed E-state index contributed by atoms with van der Waals surface area (Å²) in [5.74, 6) is 0.332. The fourth-order valence-electron chi connectivity index (χ4n) is 2.57. The molecule has 0 amide bonds. The summed E-state index contributed by atoms with van der Waals surface area (Å²) in [4.78, 5) is 4.82. The summed E-state index contributed by atoms with van der Waals surface area (Å²) in [7, 11) is 0. The van der Waals surface area contributed by atoms with Crippen molar-refractivity contribution in [1.82, 2.24) is 9.80 Å². The number of nitrogens with zero attached hydrogens (tertiary/aromatic N) is 2. The molecular formula is C11H21ClN2O2. The fourth-order valence-corrected chi connectivity index (χ4v) is 2.66. The molecule has 2 fully saturated rings. The van der Waals surface area contributed by atoms with Crippen LogP contribution in [0, 0.1) is 0 Å². The first kappa shape index (κ1) is 12.6. The van der Waals surface area contributed by atoms with E-state index in [1.54, 1.807) is 0 Å². The molecule has 0 saturated carbocycles. The van der Waals surface area contributed by atoms with Gasteiger partial charge >= 0.3 is 0 Å². The zero-order valence-corrected chi connectivity index (χ0v) is 10.4. The molecule has 2 atom stereocenters. The summed E-state index contributed by atoms with van der Waals surface area (Å²) in [6.45, 7) is 6.68. The zero-order valence-electron chi connectivity index (χ0n) is 9.65. The van der Waals surface area contributed by atoms with Crippen LogP contribution < -0.4 is 0 Å². The molecule has 2 heterocycles. The molecule has 0 aromatic rings. The number of morpholine rings is 1. The Bertz CT molecular complexity index is 212. The molecule has 0 spiro atoms. The number of alkyl halides is 1. The first-order valence-corrected chi connectivity index (χ1v) is 6.61. The Morgan fingerprint density at radius 2 is 2.06 bits per heavy atom. The molecular weight excluding hydrogens is 228 g/mol. The highest BCUT2D eigenvalue weighted by Crippen LogP contribution is 2.17. The van der Waals surface area contributed by atoms with Crippen molar-refractivity contribution in [3.63, 3.8) is 0 Å². The van der Waals surface area contributed by atoms with Crippen molar-refractivity contribution in [2.24, 2.45) is 0 Å². The van der Waals surface area contributed by atoms with Gasteiger partial charge in [0, 0.05) is 38.1 Å². The molecule has 2 unspecified atom stereocenters. The number of aliphatic hydroxyl groups excluding tert-OH is 1. The van der Waals surface area contributed by atoms with E-state index in [4.69, 9.17) is 16.3 Å². The van der Waals surface area contributed by atoms with Crippen molar-refractivity contribution in [3.8, 4) is 0 Å². The van der Waals surface area contributed by atoms with Gasteiger partial charge in [0.25, 0.3) is 0 Å². The molecule has 4 nitrogen and oxygen atoms in total. The van der Waals surface area contributed by atoms with Crippen LogP contribution in [0.1, 0.15) is 6.42 Å². The maximum absolute atomic E-state index is 9.51. The summed E-state index contributed by atoms with van der Waals surface area (Å²) >= 11 is 5.61. The highest BCUT2D eigenvalue weighted by Gasteiger charge is 2.29. The van der Waals surface area contributed by atoms with Crippen LogP contribution in [0.3, 0.4) is 0 Å². The van der Waals surface area contributed by atoms with Crippen molar-refractivity contribution in [2.45, 2.75) is 18.6 Å². The van der Waals surface area contributed by atoms with Gasteiger partial charge in [0.2, 0.25) is 0 Å². The molecule has 0 bridgehead atoms. The molecule has 1 N–H and O–H groups in total. The maximum atomic E-state index is 9.51. The quantitative estimate of drug-likeness (QED) is 0.711. The Kier molecular flexibility index (Phi) is 4.85. The summed E-state index contributed by atoms with van der Waals surface area (Å²) < 4.78 is 5.36. The lowest BCUT2D eigenvalue weighted by molar-refractivity contribution is 0.0177. The van der Waals surface area contributed by atoms with Crippen molar-refractivity contribution in [1.29, 1.82) is 0 Å². The minimum atomic E-state index is -0.384. The third-order valence-corrected chi connectivity index (χ3v) is 3.81. The zero-order chi connectivity index (χ0) is 11.4. The van der Waals surface area contributed by atoms with Crippen LogP contribution in [0.4, 0.5) is 0 Å². The van der Waals surface area contributed by atoms with Crippen molar-refractivity contribution in [2.75, 3.05) is 51.8 Å². The van der Waals surface area contributed by atoms with Gasteiger partial charge in [-0.05, 0) is 13.0 Å². The van der Waals surface area contributed by atoms with Gasteiger partial charge in [-0.15, -0.1) is 11.6 Å². The lowest BCUT2D eigenvalue weighted by Crippen LogP contribution is -2.45. The second-order valence-corrected chi connectivity index (χ2v) is 4.97. The normalized spacial score (nSPS) is 30.8. The average Bonchev–Trinajstić information content (AvgIpc) is 2.78. The average molecular weight is 249 g/mol. The van der Waals surface area contributed by atoms with Gasteiger partial charge in [-0.3, -0.25) is 9.80 Å². The fraction of sp³-hybridized carbons (Fsp3) is 1.00. The smallest absolute Gasteiger partial charge is 0.0802 e. The van der Waals surface area contributed by atoms with Gasteiger partial charge in [-0.2, -0.15) is 0 Å². The summed E-state index contributed by atoms with van der Waals surface area (Å²) in [6, 6.07) is 0.645. The van der Waals surface area contributed by atoms with Gasteiger partial charge < -0.3 is 9.84 Å². The molecule has 2 saturated heterocycles. The van der Waals surface area contributed by atoms with Gasteiger partial charge in [0.15, 0.2) is 0 Å². The van der Waals surface area contributed by atoms with E-state index in [0.29, 0.717) is 18.5 Å². The highest BCUT2D eigenvalue weighted by molar-refractivity contribution is 6.18. The van der Waals surface area contributed by atoms with E-state index >= 15 is 0 Å². The lowest BCUT2D eigenvalue weighted by Gasteiger charge is -2.32. The van der Waals surface area contributed by atoms with E-state index in [0.717, 1.165) is 39.4 Å². The van der Waals surface area contributed by atoms with E-state index in [1.807, 2.05) is 0 Å². The number of aliphatic hydroxyl groups is 1. The minimum Gasteiger partial charge on any atom is -0.391 e. The Balaban J connectivity index is 1.74. The van der Waals surface area contributed by atoms with Crippen molar-refractivity contribution in [3.05, 3.63) is 0 Å². The van der Waals surface area contributed by atoms with Gasteiger partial charge in [-0.25, -0.2) is 0 Å². The van der Waals surface area contributed by atoms with Crippen LogP contribution >= 0.6 is 11.6 Å². The third-order valence-electron chi connectivity index (χ3n) is 3.46. The summed E-state index contributed by atoms with van der Waals surface area (Å²) in [5.41, 5.74) is 0. The van der Waals surface area contributed by atoms with Crippen LogP contribution in [0.2, 0.25) is 0 Å². The number of halogens is 1.